The predicted molar refractivity (Wildman–Crippen MR) is 34.9 cm³/mol. The smallest absolute Gasteiger partial charge is 0.344 e. The molecule has 6 heteroatoms. The van der Waals surface area contributed by atoms with Gasteiger partial charge >= 0.3 is 12.0 Å². The average molecular weight is 159 g/mol. The molecule has 0 fully saturated rings. The van der Waals surface area contributed by atoms with Gasteiger partial charge in [-0.3, -0.25) is 9.89 Å². The van der Waals surface area contributed by atoms with Crippen LogP contribution in [0.4, 0.5) is 0 Å². The zero-order chi connectivity index (χ0) is 7.56. The van der Waals surface area contributed by atoms with Gasteiger partial charge in [-0.25, -0.2) is 0 Å². The SMILES string of the molecule is CC(=O)Oc1n[nH]c(S)n1. The van der Waals surface area contributed by atoms with Crippen LogP contribution in [0.25, 0.3) is 0 Å². The molecule has 0 atom stereocenters. The van der Waals surface area contributed by atoms with Crippen molar-refractivity contribution in [2.75, 3.05) is 0 Å². The van der Waals surface area contributed by atoms with E-state index in [9.17, 15) is 4.79 Å². The van der Waals surface area contributed by atoms with Gasteiger partial charge in [0.05, 0.1) is 0 Å². The molecule has 0 radical (unpaired) electrons. The number of aromatic nitrogens is 3. The molecule has 0 bridgehead atoms. The summed E-state index contributed by atoms with van der Waals surface area (Å²) in [6, 6.07) is -0.00231. The molecular formula is C4H5N3O2S. The predicted octanol–water partition coefficient (Wildman–Crippen LogP) is 0.0187. The zero-order valence-electron chi connectivity index (χ0n) is 5.16. The van der Waals surface area contributed by atoms with E-state index in [4.69, 9.17) is 0 Å². The summed E-state index contributed by atoms with van der Waals surface area (Å²) in [7, 11) is 0. The number of thiol groups is 1. The summed E-state index contributed by atoms with van der Waals surface area (Å²) in [6.45, 7) is 1.27. The van der Waals surface area contributed by atoms with E-state index in [1.54, 1.807) is 0 Å². The van der Waals surface area contributed by atoms with E-state index in [1.165, 1.54) is 6.92 Å². The molecule has 1 heterocycles. The van der Waals surface area contributed by atoms with Gasteiger partial charge in [0.2, 0.25) is 0 Å². The second-order valence-corrected chi connectivity index (χ2v) is 1.96. The van der Waals surface area contributed by atoms with Crippen LogP contribution in [0.1, 0.15) is 6.92 Å². The Morgan fingerprint density at radius 2 is 2.50 bits per heavy atom. The summed E-state index contributed by atoms with van der Waals surface area (Å²) in [5, 5.41) is 6.22. The van der Waals surface area contributed by atoms with Crippen LogP contribution < -0.4 is 4.74 Å². The number of hydrogen-bond donors (Lipinski definition) is 2. The van der Waals surface area contributed by atoms with E-state index in [0.717, 1.165) is 0 Å². The monoisotopic (exact) mass is 159 g/mol. The molecule has 0 spiro atoms. The van der Waals surface area contributed by atoms with Crippen LogP contribution in [0.3, 0.4) is 0 Å². The van der Waals surface area contributed by atoms with E-state index >= 15 is 0 Å². The number of nitrogens with one attached hydrogen (secondary N) is 1. The minimum absolute atomic E-state index is 0.00231. The summed E-state index contributed by atoms with van der Waals surface area (Å²) in [4.78, 5) is 13.9. The first-order chi connectivity index (χ1) is 4.68. The van der Waals surface area contributed by atoms with Crippen molar-refractivity contribution >= 4 is 18.6 Å². The van der Waals surface area contributed by atoms with Crippen LogP contribution in [0.5, 0.6) is 6.01 Å². The van der Waals surface area contributed by atoms with Gasteiger partial charge in [-0.15, -0.1) is 17.7 Å². The van der Waals surface area contributed by atoms with E-state index in [0.29, 0.717) is 5.16 Å². The third-order valence-electron chi connectivity index (χ3n) is 0.688. The maximum absolute atomic E-state index is 10.3. The van der Waals surface area contributed by atoms with Crippen LogP contribution in [-0.2, 0) is 4.79 Å². The lowest BCUT2D eigenvalue weighted by Gasteiger charge is -1.88. The van der Waals surface area contributed by atoms with Crippen molar-refractivity contribution in [3.63, 3.8) is 0 Å². The van der Waals surface area contributed by atoms with Crippen molar-refractivity contribution in [2.24, 2.45) is 0 Å². The lowest BCUT2D eigenvalue weighted by molar-refractivity contribution is -0.132. The van der Waals surface area contributed by atoms with E-state index < -0.39 is 5.97 Å². The molecule has 1 aromatic rings. The fraction of sp³-hybridized carbons (Fsp3) is 0.250. The van der Waals surface area contributed by atoms with Gasteiger partial charge in [0.15, 0.2) is 5.16 Å². The highest BCUT2D eigenvalue weighted by molar-refractivity contribution is 7.80. The summed E-state index contributed by atoms with van der Waals surface area (Å²) < 4.78 is 4.49. The average Bonchev–Trinajstić information content (AvgIpc) is 2.13. The molecule has 10 heavy (non-hydrogen) atoms. The molecule has 0 saturated heterocycles. The topological polar surface area (TPSA) is 67.9 Å². The van der Waals surface area contributed by atoms with Crippen molar-refractivity contribution < 1.29 is 9.53 Å². The lowest BCUT2D eigenvalue weighted by atomic mass is 10.8. The number of aromatic amines is 1. The quantitative estimate of drug-likeness (QED) is 0.447. The second kappa shape index (κ2) is 2.70. The molecule has 0 aliphatic heterocycles. The highest BCUT2D eigenvalue weighted by Gasteiger charge is 2.02. The molecule has 1 N–H and O–H groups in total. The number of hydrogen-bond acceptors (Lipinski definition) is 5. The standard InChI is InChI=1S/C4H5N3O2S/c1-2(8)9-3-5-4(10)7-6-3/h1H3,(H2,5,6,7,10). The molecule has 5 nitrogen and oxygen atoms in total. The largest absolute Gasteiger partial charge is 0.390 e. The number of carbonyl (C=O) groups is 1. The van der Waals surface area contributed by atoms with E-state index in [1.807, 2.05) is 0 Å². The maximum atomic E-state index is 10.3. The summed E-state index contributed by atoms with van der Waals surface area (Å²) in [5.41, 5.74) is 0. The van der Waals surface area contributed by atoms with Crippen molar-refractivity contribution in [3.8, 4) is 6.01 Å². The van der Waals surface area contributed by atoms with Gasteiger partial charge < -0.3 is 4.74 Å². The number of nitrogens with zero attached hydrogens (tertiary/aromatic N) is 2. The molecule has 0 unspecified atom stereocenters. The molecule has 0 amide bonds. The Kier molecular flexibility index (Phi) is 1.91. The normalized spacial score (nSPS) is 9.40. The van der Waals surface area contributed by atoms with Crippen molar-refractivity contribution in [3.05, 3.63) is 0 Å². The van der Waals surface area contributed by atoms with Gasteiger partial charge in [0.25, 0.3) is 0 Å². The Morgan fingerprint density at radius 1 is 1.80 bits per heavy atom. The Morgan fingerprint density at radius 3 is 2.90 bits per heavy atom. The van der Waals surface area contributed by atoms with E-state index in [2.05, 4.69) is 32.5 Å². The fourth-order valence-electron chi connectivity index (χ4n) is 0.413. The Labute approximate surface area is 62.2 Å². The highest BCUT2D eigenvalue weighted by Crippen LogP contribution is 2.03. The van der Waals surface area contributed by atoms with Crippen LogP contribution in [0.15, 0.2) is 5.16 Å². The number of rotatable bonds is 1. The van der Waals surface area contributed by atoms with Crippen LogP contribution in [0.2, 0.25) is 0 Å². The molecule has 1 aromatic heterocycles. The minimum Gasteiger partial charge on any atom is -0.390 e. The van der Waals surface area contributed by atoms with Crippen molar-refractivity contribution in [1.29, 1.82) is 0 Å². The van der Waals surface area contributed by atoms with Crippen LogP contribution in [-0.4, -0.2) is 21.2 Å². The number of esters is 1. The number of carbonyl (C=O) groups excluding carboxylic acids is 1. The van der Waals surface area contributed by atoms with Gasteiger partial charge in [0, 0.05) is 6.92 Å². The third-order valence-corrected chi connectivity index (χ3v) is 0.888. The summed E-state index contributed by atoms with van der Waals surface area (Å²) in [6.07, 6.45) is 0. The van der Waals surface area contributed by atoms with Gasteiger partial charge in [-0.2, -0.15) is 4.98 Å². The molecule has 0 aromatic carbocycles. The van der Waals surface area contributed by atoms with E-state index in [-0.39, 0.29) is 6.01 Å². The highest BCUT2D eigenvalue weighted by atomic mass is 32.1. The summed E-state index contributed by atoms with van der Waals surface area (Å²) >= 11 is 3.81. The Bertz CT molecular complexity index is 246. The summed E-state index contributed by atoms with van der Waals surface area (Å²) in [5.74, 6) is -0.452. The fourth-order valence-corrected chi connectivity index (χ4v) is 0.548. The molecule has 1 rings (SSSR count). The zero-order valence-corrected chi connectivity index (χ0v) is 6.05. The molecule has 0 saturated carbocycles. The van der Waals surface area contributed by atoms with Gasteiger partial charge in [-0.05, 0) is 0 Å². The van der Waals surface area contributed by atoms with Crippen LogP contribution >= 0.6 is 12.6 Å². The van der Waals surface area contributed by atoms with Crippen LogP contribution in [0, 0.1) is 0 Å². The molecular weight excluding hydrogens is 154 g/mol. The first-order valence-electron chi connectivity index (χ1n) is 2.48. The Balaban J connectivity index is 2.67. The lowest BCUT2D eigenvalue weighted by Crippen LogP contribution is -2.02. The van der Waals surface area contributed by atoms with Gasteiger partial charge in [0.1, 0.15) is 0 Å². The van der Waals surface area contributed by atoms with Gasteiger partial charge in [-0.1, -0.05) is 0 Å². The molecule has 54 valence electrons. The van der Waals surface area contributed by atoms with Crippen molar-refractivity contribution in [2.45, 2.75) is 12.1 Å². The third kappa shape index (κ3) is 1.73. The first kappa shape index (κ1) is 7.07. The van der Waals surface area contributed by atoms with Crippen molar-refractivity contribution in [1.82, 2.24) is 15.2 Å². The first-order valence-corrected chi connectivity index (χ1v) is 2.93. The second-order valence-electron chi connectivity index (χ2n) is 1.54. The minimum atomic E-state index is -0.452. The maximum Gasteiger partial charge on any atom is 0.344 e. The number of ether oxygens (including phenoxy) is 1. The Hall–Kier alpha value is -1.04. The molecule has 0 aliphatic rings. The number of H-pyrrole nitrogens is 1. The molecule has 0 aliphatic carbocycles.